The molecule has 1 heterocycles. The van der Waals surface area contributed by atoms with E-state index in [9.17, 15) is 4.39 Å². The van der Waals surface area contributed by atoms with Crippen molar-refractivity contribution in [3.05, 3.63) is 16.9 Å². The molecule has 1 saturated heterocycles. The highest BCUT2D eigenvalue weighted by molar-refractivity contribution is 7.99. The Morgan fingerprint density at radius 2 is 1.94 bits per heavy atom. The van der Waals surface area contributed by atoms with Crippen molar-refractivity contribution in [1.29, 1.82) is 0 Å². The summed E-state index contributed by atoms with van der Waals surface area (Å²) in [6, 6.07) is 1.75. The molecule has 94 valence electrons. The lowest BCUT2D eigenvalue weighted by Crippen LogP contribution is -2.25. The number of nitrogens with two attached hydrogens (primary N) is 2. The minimum atomic E-state index is -0.553. The van der Waals surface area contributed by atoms with E-state index in [1.165, 1.54) is 6.07 Å². The summed E-state index contributed by atoms with van der Waals surface area (Å²) in [5.74, 6) is 1.62. The zero-order valence-electron chi connectivity index (χ0n) is 9.30. The molecule has 5 N–H and O–H groups in total. The molecule has 0 saturated carbocycles. The molecule has 1 aromatic carbocycles. The summed E-state index contributed by atoms with van der Waals surface area (Å²) in [6.45, 7) is 0. The average Bonchev–Trinajstić information content (AvgIpc) is 2.33. The third-order valence-corrected chi connectivity index (χ3v) is 4.27. The summed E-state index contributed by atoms with van der Waals surface area (Å²) >= 11 is 7.68. The second kappa shape index (κ2) is 5.23. The lowest BCUT2D eigenvalue weighted by molar-refractivity contribution is 0.616. The van der Waals surface area contributed by atoms with Gasteiger partial charge in [0, 0.05) is 6.04 Å². The smallest absolute Gasteiger partial charge is 0.169 e. The van der Waals surface area contributed by atoms with E-state index in [0.717, 1.165) is 24.3 Å². The zero-order chi connectivity index (χ0) is 12.4. The van der Waals surface area contributed by atoms with Gasteiger partial charge in [-0.1, -0.05) is 11.6 Å². The third kappa shape index (κ3) is 2.72. The van der Waals surface area contributed by atoms with E-state index < -0.39 is 5.82 Å². The van der Waals surface area contributed by atoms with Crippen LogP contribution in [0.15, 0.2) is 6.07 Å². The molecule has 0 amide bonds. The van der Waals surface area contributed by atoms with Crippen LogP contribution in [0.2, 0.25) is 5.02 Å². The minimum absolute atomic E-state index is 0.0631. The fourth-order valence-electron chi connectivity index (χ4n) is 1.86. The van der Waals surface area contributed by atoms with Gasteiger partial charge in [-0.2, -0.15) is 11.8 Å². The molecular weight excluding hydrogens is 261 g/mol. The number of nitrogen functional groups attached to an aromatic ring is 2. The average molecular weight is 276 g/mol. The van der Waals surface area contributed by atoms with Crippen molar-refractivity contribution < 1.29 is 4.39 Å². The Hall–Kier alpha value is -0.810. The largest absolute Gasteiger partial charge is 0.397 e. The first-order valence-electron chi connectivity index (χ1n) is 5.47. The molecule has 0 aliphatic carbocycles. The molecule has 0 radical (unpaired) electrons. The molecule has 1 aliphatic heterocycles. The Kier molecular flexibility index (Phi) is 3.89. The van der Waals surface area contributed by atoms with Crippen molar-refractivity contribution in [3.8, 4) is 0 Å². The Morgan fingerprint density at radius 1 is 1.29 bits per heavy atom. The molecule has 6 heteroatoms. The first kappa shape index (κ1) is 12.6. The van der Waals surface area contributed by atoms with Crippen LogP contribution >= 0.6 is 23.4 Å². The standard InChI is InChI=1S/C11H15ClFN3S/c12-9-7(14)5-8(15)11(10(9)13)16-6-1-3-17-4-2-6/h5-6,16H,1-4,14-15H2. The van der Waals surface area contributed by atoms with E-state index in [1.807, 2.05) is 11.8 Å². The molecule has 3 nitrogen and oxygen atoms in total. The quantitative estimate of drug-likeness (QED) is 0.726. The summed E-state index contributed by atoms with van der Waals surface area (Å²) in [5.41, 5.74) is 12.1. The van der Waals surface area contributed by atoms with Gasteiger partial charge in [-0.05, 0) is 30.4 Å². The molecule has 0 unspecified atom stereocenters. The fraction of sp³-hybridized carbons (Fsp3) is 0.455. The Morgan fingerprint density at radius 3 is 2.59 bits per heavy atom. The molecule has 17 heavy (non-hydrogen) atoms. The van der Waals surface area contributed by atoms with E-state index in [1.54, 1.807) is 0 Å². The number of hydrogen-bond acceptors (Lipinski definition) is 4. The van der Waals surface area contributed by atoms with Gasteiger partial charge in [0.05, 0.1) is 17.1 Å². The predicted molar refractivity (Wildman–Crippen MR) is 74.2 cm³/mol. The number of hydrogen-bond donors (Lipinski definition) is 3. The first-order valence-corrected chi connectivity index (χ1v) is 7.00. The number of halogens is 2. The van der Waals surface area contributed by atoms with Gasteiger partial charge in [0.15, 0.2) is 5.82 Å². The molecule has 0 bridgehead atoms. The second-order valence-electron chi connectivity index (χ2n) is 4.09. The number of thioether (sulfide) groups is 1. The van der Waals surface area contributed by atoms with E-state index in [-0.39, 0.29) is 22.4 Å². The van der Waals surface area contributed by atoms with E-state index >= 15 is 0 Å². The van der Waals surface area contributed by atoms with Crippen molar-refractivity contribution in [2.45, 2.75) is 18.9 Å². The number of benzene rings is 1. The van der Waals surface area contributed by atoms with Crippen LogP contribution in [0.4, 0.5) is 21.5 Å². The molecule has 0 atom stereocenters. The van der Waals surface area contributed by atoms with Gasteiger partial charge in [0.25, 0.3) is 0 Å². The lowest BCUT2D eigenvalue weighted by Gasteiger charge is -2.25. The number of nitrogens with one attached hydrogen (secondary N) is 1. The van der Waals surface area contributed by atoms with E-state index in [0.29, 0.717) is 5.69 Å². The maximum absolute atomic E-state index is 13.9. The zero-order valence-corrected chi connectivity index (χ0v) is 10.9. The highest BCUT2D eigenvalue weighted by atomic mass is 35.5. The van der Waals surface area contributed by atoms with Crippen molar-refractivity contribution in [1.82, 2.24) is 0 Å². The normalized spacial score (nSPS) is 17.1. The number of anilines is 3. The molecule has 2 rings (SSSR count). The van der Waals surface area contributed by atoms with Crippen LogP contribution in [-0.2, 0) is 0 Å². The van der Waals surface area contributed by atoms with Crippen LogP contribution in [0, 0.1) is 5.82 Å². The summed E-state index contributed by atoms with van der Waals surface area (Å²) in [4.78, 5) is 0. The third-order valence-electron chi connectivity index (χ3n) is 2.84. The van der Waals surface area contributed by atoms with Crippen molar-refractivity contribution in [2.75, 3.05) is 28.3 Å². The SMILES string of the molecule is Nc1cc(N)c(NC2CCSCC2)c(F)c1Cl. The number of rotatable bonds is 2. The van der Waals surface area contributed by atoms with Crippen molar-refractivity contribution >= 4 is 40.4 Å². The van der Waals surface area contributed by atoms with Gasteiger partial charge in [-0.25, -0.2) is 4.39 Å². The maximum Gasteiger partial charge on any atom is 0.169 e. The topological polar surface area (TPSA) is 64.1 Å². The summed E-state index contributed by atoms with van der Waals surface area (Å²) in [5, 5.41) is 3.07. The van der Waals surface area contributed by atoms with Crippen molar-refractivity contribution in [3.63, 3.8) is 0 Å². The predicted octanol–water partition coefficient (Wildman–Crippen LogP) is 2.95. The minimum Gasteiger partial charge on any atom is -0.397 e. The summed E-state index contributed by atoms with van der Waals surface area (Å²) in [6.07, 6.45) is 2.01. The van der Waals surface area contributed by atoms with Crippen LogP contribution in [0.3, 0.4) is 0 Å². The second-order valence-corrected chi connectivity index (χ2v) is 5.69. The molecule has 0 spiro atoms. The summed E-state index contributed by atoms with van der Waals surface area (Å²) in [7, 11) is 0. The van der Waals surface area contributed by atoms with E-state index in [4.69, 9.17) is 23.1 Å². The monoisotopic (exact) mass is 275 g/mol. The fourth-order valence-corrected chi connectivity index (χ4v) is 3.11. The van der Waals surface area contributed by atoms with Gasteiger partial charge in [0.2, 0.25) is 0 Å². The van der Waals surface area contributed by atoms with Gasteiger partial charge in [-0.3, -0.25) is 0 Å². The van der Waals surface area contributed by atoms with Crippen LogP contribution in [0.1, 0.15) is 12.8 Å². The van der Waals surface area contributed by atoms with Gasteiger partial charge in [0.1, 0.15) is 5.02 Å². The van der Waals surface area contributed by atoms with Crippen LogP contribution < -0.4 is 16.8 Å². The van der Waals surface area contributed by atoms with Crippen LogP contribution in [-0.4, -0.2) is 17.5 Å². The highest BCUT2D eigenvalue weighted by Crippen LogP contribution is 2.35. The maximum atomic E-state index is 13.9. The molecule has 1 aromatic rings. The van der Waals surface area contributed by atoms with Gasteiger partial charge < -0.3 is 16.8 Å². The molecular formula is C11H15ClFN3S. The van der Waals surface area contributed by atoms with Gasteiger partial charge in [-0.15, -0.1) is 0 Å². The van der Waals surface area contributed by atoms with Crippen LogP contribution in [0.25, 0.3) is 0 Å². The van der Waals surface area contributed by atoms with Gasteiger partial charge >= 0.3 is 0 Å². The van der Waals surface area contributed by atoms with E-state index in [2.05, 4.69) is 5.32 Å². The molecule has 1 fully saturated rings. The first-order chi connectivity index (χ1) is 8.09. The Labute approximate surface area is 109 Å². The molecule has 1 aliphatic rings. The lowest BCUT2D eigenvalue weighted by atomic mass is 10.1. The summed E-state index contributed by atoms with van der Waals surface area (Å²) < 4.78 is 13.9. The Bertz CT molecular complexity index is 422. The van der Waals surface area contributed by atoms with Crippen molar-refractivity contribution in [2.24, 2.45) is 0 Å². The highest BCUT2D eigenvalue weighted by Gasteiger charge is 2.19. The Balaban J connectivity index is 2.22. The molecule has 0 aromatic heterocycles. The van der Waals surface area contributed by atoms with Crippen LogP contribution in [0.5, 0.6) is 0 Å².